The molecule has 0 aliphatic rings. The first-order valence-electron chi connectivity index (χ1n) is 8.91. The van der Waals surface area contributed by atoms with Crippen molar-refractivity contribution in [1.82, 2.24) is 4.72 Å². The van der Waals surface area contributed by atoms with Crippen LogP contribution in [0.5, 0.6) is 0 Å². The predicted molar refractivity (Wildman–Crippen MR) is 111 cm³/mol. The average Bonchev–Trinajstić information content (AvgIpc) is 2.71. The maximum Gasteiger partial charge on any atom is 0.338 e. The highest BCUT2D eigenvalue weighted by atomic mass is 32.2. The van der Waals surface area contributed by atoms with Gasteiger partial charge in [-0.05, 0) is 37.6 Å². The summed E-state index contributed by atoms with van der Waals surface area (Å²) in [6, 6.07) is 14.2. The van der Waals surface area contributed by atoms with Crippen LogP contribution in [-0.2, 0) is 26.1 Å². The Kier molecular flexibility index (Phi) is 7.62. The van der Waals surface area contributed by atoms with E-state index in [1.54, 1.807) is 24.3 Å². The summed E-state index contributed by atoms with van der Waals surface area (Å²) in [7, 11) is -3.87. The highest BCUT2D eigenvalue weighted by Gasteiger charge is 2.19. The molecule has 0 bridgehead atoms. The molecule has 158 valence electrons. The lowest BCUT2D eigenvalue weighted by atomic mass is 10.1. The van der Waals surface area contributed by atoms with E-state index in [4.69, 9.17) is 10.1 Å². The van der Waals surface area contributed by atoms with E-state index < -0.39 is 34.1 Å². The maximum absolute atomic E-state index is 12.5. The number of carbonyl (C=O) groups is 2. The molecular formula is C21H22N2O6S. The Bertz CT molecular complexity index is 1080. The molecule has 0 spiro atoms. The summed E-state index contributed by atoms with van der Waals surface area (Å²) in [6.45, 7) is 1.98. The Hall–Kier alpha value is -3.30. The molecule has 2 rings (SSSR count). The Balaban J connectivity index is 2.12. The van der Waals surface area contributed by atoms with Crippen molar-refractivity contribution in [3.63, 3.8) is 0 Å². The predicted octanol–water partition coefficient (Wildman–Crippen LogP) is 2.76. The van der Waals surface area contributed by atoms with Gasteiger partial charge in [0.15, 0.2) is 5.78 Å². The summed E-state index contributed by atoms with van der Waals surface area (Å²) in [5, 5.41) is 17.5. The lowest BCUT2D eigenvalue weighted by Gasteiger charge is -2.10. The van der Waals surface area contributed by atoms with Gasteiger partial charge in [-0.1, -0.05) is 36.4 Å². The van der Waals surface area contributed by atoms with Gasteiger partial charge in [0.2, 0.25) is 10.0 Å². The van der Waals surface area contributed by atoms with Crippen molar-refractivity contribution in [1.29, 1.82) is 5.41 Å². The number of Topliss-reactive ketones (excluding diaryl/α,β-unsaturated/α-hetero) is 1. The zero-order valence-electron chi connectivity index (χ0n) is 16.5. The quantitative estimate of drug-likeness (QED) is 0.242. The van der Waals surface area contributed by atoms with Crippen molar-refractivity contribution in [2.75, 3.05) is 6.61 Å². The van der Waals surface area contributed by atoms with E-state index in [2.05, 4.69) is 4.72 Å². The second kappa shape index (κ2) is 9.95. The van der Waals surface area contributed by atoms with E-state index in [-0.39, 0.29) is 28.3 Å². The van der Waals surface area contributed by atoms with Gasteiger partial charge in [0.1, 0.15) is 12.4 Å². The number of ketones is 1. The summed E-state index contributed by atoms with van der Waals surface area (Å²) in [6.07, 6.45) is 0. The van der Waals surface area contributed by atoms with Crippen LogP contribution in [0.1, 0.15) is 29.8 Å². The molecule has 0 saturated heterocycles. The van der Waals surface area contributed by atoms with Crippen LogP contribution in [0.2, 0.25) is 0 Å². The number of rotatable bonds is 9. The molecule has 8 nitrogen and oxygen atoms in total. The lowest BCUT2D eigenvalue weighted by Crippen LogP contribution is -2.23. The van der Waals surface area contributed by atoms with Crippen LogP contribution in [0.15, 0.2) is 70.8 Å². The minimum Gasteiger partial charge on any atom is -0.508 e. The molecule has 0 heterocycles. The first kappa shape index (κ1) is 23.0. The standard InChI is InChI=1S/C21H22N2O6S/c1-14(22)20(15(2)24)19(25)13-29-21(26)17-9-6-10-18(11-17)30(27,28)23-12-16-7-4-3-5-8-16/h3-11,22-23,25H,12-13H2,1-2H3/b20-19-,22-14?. The third-order valence-corrected chi connectivity index (χ3v) is 5.44. The molecule has 0 aliphatic carbocycles. The SMILES string of the molecule is CC(=N)/C(C(C)=O)=C(/O)COC(=O)c1cccc(S(=O)(=O)NCc2ccccc2)c1. The highest BCUT2D eigenvalue weighted by molar-refractivity contribution is 7.89. The van der Waals surface area contributed by atoms with E-state index in [1.807, 2.05) is 6.07 Å². The normalized spacial score (nSPS) is 12.1. The number of esters is 1. The smallest absolute Gasteiger partial charge is 0.338 e. The number of ether oxygens (including phenoxy) is 1. The molecule has 0 amide bonds. The van der Waals surface area contributed by atoms with Crippen molar-refractivity contribution < 1.29 is 27.9 Å². The Labute approximate surface area is 174 Å². The largest absolute Gasteiger partial charge is 0.508 e. The van der Waals surface area contributed by atoms with Crippen molar-refractivity contribution >= 4 is 27.5 Å². The minimum absolute atomic E-state index is 0.0404. The summed E-state index contributed by atoms with van der Waals surface area (Å²) in [5.74, 6) is -1.96. The topological polar surface area (TPSA) is 134 Å². The first-order valence-corrected chi connectivity index (χ1v) is 10.4. The molecule has 2 aromatic carbocycles. The van der Waals surface area contributed by atoms with Crippen molar-refractivity contribution in [3.8, 4) is 0 Å². The number of aliphatic hydroxyl groups is 1. The number of hydrogen-bond acceptors (Lipinski definition) is 7. The molecule has 0 aliphatic heterocycles. The molecule has 9 heteroatoms. The highest BCUT2D eigenvalue weighted by Crippen LogP contribution is 2.14. The number of aliphatic hydroxyl groups excluding tert-OH is 1. The second-order valence-corrected chi connectivity index (χ2v) is 8.18. The van der Waals surface area contributed by atoms with E-state index in [1.165, 1.54) is 32.0 Å². The molecular weight excluding hydrogens is 408 g/mol. The van der Waals surface area contributed by atoms with Gasteiger partial charge in [0.25, 0.3) is 0 Å². The summed E-state index contributed by atoms with van der Waals surface area (Å²) < 4.78 is 32.4. The number of benzene rings is 2. The van der Waals surface area contributed by atoms with Gasteiger partial charge in [-0.25, -0.2) is 17.9 Å². The lowest BCUT2D eigenvalue weighted by molar-refractivity contribution is -0.113. The molecule has 0 saturated carbocycles. The Morgan fingerprint density at radius 2 is 1.73 bits per heavy atom. The van der Waals surface area contributed by atoms with E-state index in [9.17, 15) is 23.1 Å². The Morgan fingerprint density at radius 1 is 1.07 bits per heavy atom. The van der Waals surface area contributed by atoms with Crippen LogP contribution in [0.3, 0.4) is 0 Å². The van der Waals surface area contributed by atoms with Gasteiger partial charge in [-0.2, -0.15) is 0 Å². The van der Waals surface area contributed by atoms with Crippen LogP contribution in [0, 0.1) is 5.41 Å². The van der Waals surface area contributed by atoms with Crippen molar-refractivity contribution in [2.24, 2.45) is 0 Å². The summed E-state index contributed by atoms with van der Waals surface area (Å²) in [4.78, 5) is 23.6. The van der Waals surface area contributed by atoms with Crippen molar-refractivity contribution in [3.05, 3.63) is 77.1 Å². The number of hydrogen-bond donors (Lipinski definition) is 3. The molecule has 0 atom stereocenters. The van der Waals surface area contributed by atoms with Crippen LogP contribution < -0.4 is 4.72 Å². The number of allylic oxidation sites excluding steroid dienone is 1. The zero-order chi connectivity index (χ0) is 22.3. The third kappa shape index (κ3) is 6.10. The van der Waals surface area contributed by atoms with Gasteiger partial charge in [0.05, 0.1) is 16.0 Å². The summed E-state index contributed by atoms with van der Waals surface area (Å²) in [5.41, 5.74) is 0.348. The summed E-state index contributed by atoms with van der Waals surface area (Å²) >= 11 is 0. The fraction of sp³-hybridized carbons (Fsp3) is 0.190. The van der Waals surface area contributed by atoms with Gasteiger partial charge >= 0.3 is 5.97 Å². The van der Waals surface area contributed by atoms with Gasteiger partial charge in [-0.3, -0.25) is 4.79 Å². The molecule has 0 aromatic heterocycles. The second-order valence-electron chi connectivity index (χ2n) is 6.42. The van der Waals surface area contributed by atoms with E-state index in [0.29, 0.717) is 0 Å². The number of sulfonamides is 1. The first-order chi connectivity index (χ1) is 14.1. The maximum atomic E-state index is 12.5. The van der Waals surface area contributed by atoms with Gasteiger partial charge < -0.3 is 15.3 Å². The van der Waals surface area contributed by atoms with Crippen LogP contribution in [0.4, 0.5) is 0 Å². The molecule has 2 aromatic rings. The monoisotopic (exact) mass is 430 g/mol. The van der Waals surface area contributed by atoms with Gasteiger partial charge in [0, 0.05) is 12.3 Å². The fourth-order valence-electron chi connectivity index (χ4n) is 2.62. The molecule has 0 unspecified atom stereocenters. The van der Waals surface area contributed by atoms with Crippen molar-refractivity contribution in [2.45, 2.75) is 25.3 Å². The fourth-order valence-corrected chi connectivity index (χ4v) is 3.68. The van der Waals surface area contributed by atoms with Crippen LogP contribution in [0.25, 0.3) is 0 Å². The average molecular weight is 430 g/mol. The molecule has 0 radical (unpaired) electrons. The van der Waals surface area contributed by atoms with E-state index in [0.717, 1.165) is 11.6 Å². The molecule has 30 heavy (non-hydrogen) atoms. The zero-order valence-corrected chi connectivity index (χ0v) is 17.3. The van der Waals surface area contributed by atoms with Gasteiger partial charge in [-0.15, -0.1) is 0 Å². The molecule has 0 fully saturated rings. The Morgan fingerprint density at radius 3 is 2.33 bits per heavy atom. The number of nitrogens with one attached hydrogen (secondary N) is 2. The minimum atomic E-state index is -3.87. The molecule has 3 N–H and O–H groups in total. The van der Waals surface area contributed by atoms with E-state index >= 15 is 0 Å². The van der Waals surface area contributed by atoms with Crippen LogP contribution in [-0.4, -0.2) is 37.6 Å². The van der Waals surface area contributed by atoms with Crippen LogP contribution >= 0.6 is 0 Å². The third-order valence-electron chi connectivity index (χ3n) is 4.04. The number of carbonyl (C=O) groups excluding carboxylic acids is 2.